The second-order valence-corrected chi connectivity index (χ2v) is 6.26. The van der Waals surface area contributed by atoms with Crippen LogP contribution in [0.15, 0.2) is 15.1 Å². The van der Waals surface area contributed by atoms with Crippen molar-refractivity contribution in [2.24, 2.45) is 0 Å². The Morgan fingerprint density at radius 2 is 2.18 bits per heavy atom. The molecule has 0 saturated carbocycles. The molecule has 3 heterocycles. The van der Waals surface area contributed by atoms with Gasteiger partial charge in [-0.2, -0.15) is 0 Å². The van der Waals surface area contributed by atoms with Crippen molar-refractivity contribution in [3.05, 3.63) is 34.9 Å². The first-order chi connectivity index (χ1) is 10.5. The van der Waals surface area contributed by atoms with Crippen molar-refractivity contribution in [2.75, 3.05) is 20.1 Å². The predicted octanol–water partition coefficient (Wildman–Crippen LogP) is 2.29. The summed E-state index contributed by atoms with van der Waals surface area (Å²) in [6.45, 7) is 9.76. The van der Waals surface area contributed by atoms with Crippen LogP contribution >= 0.6 is 0 Å². The van der Waals surface area contributed by atoms with Gasteiger partial charge in [0.05, 0.1) is 18.4 Å². The molecular formula is C16H24N4O2. The standard InChI is InChI=1S/C16H24N4O2/c1-11-7-17-16(21-11)10-19(4)14-5-6-20(8-14)9-15-12(2)18-22-13(15)3/h7,14H,5-6,8-10H2,1-4H3/t14-/m1/s1. The van der Waals surface area contributed by atoms with Crippen molar-refractivity contribution in [3.63, 3.8) is 0 Å². The number of aryl methyl sites for hydroxylation is 3. The zero-order chi connectivity index (χ0) is 15.7. The molecule has 2 aromatic heterocycles. The summed E-state index contributed by atoms with van der Waals surface area (Å²) in [4.78, 5) is 9.09. The summed E-state index contributed by atoms with van der Waals surface area (Å²) < 4.78 is 10.8. The summed E-state index contributed by atoms with van der Waals surface area (Å²) in [7, 11) is 2.14. The Balaban J connectivity index is 1.55. The largest absolute Gasteiger partial charge is 0.445 e. The van der Waals surface area contributed by atoms with E-state index in [0.29, 0.717) is 6.04 Å². The van der Waals surface area contributed by atoms with E-state index in [-0.39, 0.29) is 0 Å². The summed E-state index contributed by atoms with van der Waals surface area (Å²) in [5.41, 5.74) is 2.23. The highest BCUT2D eigenvalue weighted by Gasteiger charge is 2.27. The van der Waals surface area contributed by atoms with Crippen LogP contribution in [0.25, 0.3) is 0 Å². The van der Waals surface area contributed by atoms with Crippen molar-refractivity contribution in [1.82, 2.24) is 19.9 Å². The highest BCUT2D eigenvalue weighted by atomic mass is 16.5. The van der Waals surface area contributed by atoms with Crippen LogP contribution < -0.4 is 0 Å². The summed E-state index contributed by atoms with van der Waals surface area (Å²) in [5, 5.41) is 4.04. The first-order valence-corrected chi connectivity index (χ1v) is 7.78. The average Bonchev–Trinajstić information content (AvgIpc) is 3.17. The topological polar surface area (TPSA) is 58.5 Å². The molecule has 1 aliphatic heterocycles. The lowest BCUT2D eigenvalue weighted by Crippen LogP contribution is -2.34. The van der Waals surface area contributed by atoms with Crippen molar-refractivity contribution in [1.29, 1.82) is 0 Å². The Hall–Kier alpha value is -1.66. The van der Waals surface area contributed by atoms with Crippen LogP contribution in [-0.4, -0.2) is 46.1 Å². The van der Waals surface area contributed by atoms with Crippen LogP contribution in [-0.2, 0) is 13.1 Å². The lowest BCUT2D eigenvalue weighted by atomic mass is 10.2. The molecule has 3 rings (SSSR count). The fourth-order valence-corrected chi connectivity index (χ4v) is 3.08. The second-order valence-electron chi connectivity index (χ2n) is 6.26. The van der Waals surface area contributed by atoms with E-state index in [9.17, 15) is 0 Å². The van der Waals surface area contributed by atoms with Gasteiger partial charge in [-0.1, -0.05) is 5.16 Å². The van der Waals surface area contributed by atoms with Crippen molar-refractivity contribution in [3.8, 4) is 0 Å². The van der Waals surface area contributed by atoms with E-state index < -0.39 is 0 Å². The molecule has 0 aliphatic carbocycles. The summed E-state index contributed by atoms with van der Waals surface area (Å²) >= 11 is 0. The maximum atomic E-state index is 5.57. The first kappa shape index (κ1) is 15.2. The zero-order valence-corrected chi connectivity index (χ0v) is 13.8. The molecule has 2 aromatic rings. The average molecular weight is 304 g/mol. The summed E-state index contributed by atoms with van der Waals surface area (Å²) in [5.74, 6) is 2.60. The van der Waals surface area contributed by atoms with E-state index in [4.69, 9.17) is 8.94 Å². The molecule has 1 saturated heterocycles. The van der Waals surface area contributed by atoms with Gasteiger partial charge < -0.3 is 8.94 Å². The lowest BCUT2D eigenvalue weighted by molar-refractivity contribution is 0.204. The third-order valence-electron chi connectivity index (χ3n) is 4.49. The molecule has 1 fully saturated rings. The molecule has 6 heteroatoms. The van der Waals surface area contributed by atoms with Crippen molar-refractivity contribution < 1.29 is 8.94 Å². The van der Waals surface area contributed by atoms with Gasteiger partial charge in [0, 0.05) is 31.2 Å². The van der Waals surface area contributed by atoms with Crippen LogP contribution in [0.5, 0.6) is 0 Å². The van der Waals surface area contributed by atoms with Crippen LogP contribution in [0.4, 0.5) is 0 Å². The van der Waals surface area contributed by atoms with Gasteiger partial charge in [-0.05, 0) is 34.2 Å². The fourth-order valence-electron chi connectivity index (χ4n) is 3.08. The number of hydrogen-bond acceptors (Lipinski definition) is 6. The first-order valence-electron chi connectivity index (χ1n) is 7.78. The lowest BCUT2D eigenvalue weighted by Gasteiger charge is -2.23. The number of aromatic nitrogens is 2. The van der Waals surface area contributed by atoms with E-state index >= 15 is 0 Å². The van der Waals surface area contributed by atoms with Crippen molar-refractivity contribution in [2.45, 2.75) is 46.3 Å². The van der Waals surface area contributed by atoms with Crippen LogP contribution in [0.1, 0.15) is 35.1 Å². The van der Waals surface area contributed by atoms with Crippen LogP contribution in [0.2, 0.25) is 0 Å². The Kier molecular flexibility index (Phi) is 4.31. The van der Waals surface area contributed by atoms with E-state index in [0.717, 1.165) is 49.3 Å². The van der Waals surface area contributed by atoms with Gasteiger partial charge in [0.15, 0.2) is 0 Å². The zero-order valence-electron chi connectivity index (χ0n) is 13.8. The van der Waals surface area contributed by atoms with Gasteiger partial charge >= 0.3 is 0 Å². The molecule has 120 valence electrons. The Morgan fingerprint density at radius 1 is 1.36 bits per heavy atom. The Labute approximate surface area is 131 Å². The molecule has 1 atom stereocenters. The normalized spacial score (nSPS) is 19.4. The highest BCUT2D eigenvalue weighted by molar-refractivity contribution is 5.20. The number of nitrogens with zero attached hydrogens (tertiary/aromatic N) is 4. The van der Waals surface area contributed by atoms with Gasteiger partial charge in [0.1, 0.15) is 11.5 Å². The minimum atomic E-state index is 0.535. The fraction of sp³-hybridized carbons (Fsp3) is 0.625. The predicted molar refractivity (Wildman–Crippen MR) is 82.4 cm³/mol. The molecule has 0 radical (unpaired) electrons. The molecule has 6 nitrogen and oxygen atoms in total. The molecular weight excluding hydrogens is 280 g/mol. The third-order valence-corrected chi connectivity index (χ3v) is 4.49. The molecule has 0 spiro atoms. The quantitative estimate of drug-likeness (QED) is 0.845. The maximum absolute atomic E-state index is 5.57. The smallest absolute Gasteiger partial charge is 0.208 e. The minimum absolute atomic E-state index is 0.535. The van der Waals surface area contributed by atoms with Crippen LogP contribution in [0.3, 0.4) is 0 Å². The van der Waals surface area contributed by atoms with Gasteiger partial charge in [-0.15, -0.1) is 0 Å². The number of oxazole rings is 1. The third kappa shape index (κ3) is 3.23. The van der Waals surface area contributed by atoms with E-state index in [1.807, 2.05) is 20.8 Å². The van der Waals surface area contributed by atoms with Gasteiger partial charge in [0.2, 0.25) is 5.89 Å². The maximum Gasteiger partial charge on any atom is 0.208 e. The second kappa shape index (κ2) is 6.22. The molecule has 22 heavy (non-hydrogen) atoms. The molecule has 0 unspecified atom stereocenters. The Morgan fingerprint density at radius 3 is 2.82 bits per heavy atom. The van der Waals surface area contributed by atoms with Crippen molar-refractivity contribution >= 4 is 0 Å². The highest BCUT2D eigenvalue weighted by Crippen LogP contribution is 2.21. The monoisotopic (exact) mass is 304 g/mol. The molecule has 0 aromatic carbocycles. The number of likely N-dealkylation sites (tertiary alicyclic amines) is 1. The van der Waals surface area contributed by atoms with Gasteiger partial charge in [-0.3, -0.25) is 9.80 Å². The number of rotatable bonds is 5. The molecule has 0 bridgehead atoms. The van der Waals surface area contributed by atoms with E-state index in [1.165, 1.54) is 12.0 Å². The molecule has 0 amide bonds. The Bertz CT molecular complexity index is 614. The number of hydrogen-bond donors (Lipinski definition) is 0. The summed E-state index contributed by atoms with van der Waals surface area (Å²) in [6, 6.07) is 0.535. The van der Waals surface area contributed by atoms with Gasteiger partial charge in [-0.25, -0.2) is 4.98 Å². The SMILES string of the molecule is Cc1cnc(CN(C)[C@@H]2CCN(Cc3c(C)noc3C)C2)o1. The minimum Gasteiger partial charge on any atom is -0.445 e. The molecule has 1 aliphatic rings. The van der Waals surface area contributed by atoms with E-state index in [1.54, 1.807) is 6.20 Å². The van der Waals surface area contributed by atoms with Crippen LogP contribution in [0, 0.1) is 20.8 Å². The number of likely N-dealkylation sites (N-methyl/N-ethyl adjacent to an activating group) is 1. The van der Waals surface area contributed by atoms with Gasteiger partial charge in [0.25, 0.3) is 0 Å². The molecule has 0 N–H and O–H groups in total. The summed E-state index contributed by atoms with van der Waals surface area (Å²) in [6.07, 6.45) is 2.95. The van der Waals surface area contributed by atoms with E-state index in [2.05, 4.69) is 27.0 Å².